The van der Waals surface area contributed by atoms with Gasteiger partial charge in [-0.25, -0.2) is 8.42 Å². The van der Waals surface area contributed by atoms with Crippen molar-refractivity contribution in [1.29, 1.82) is 0 Å². The molecule has 0 radical (unpaired) electrons. The van der Waals surface area contributed by atoms with Crippen LogP contribution in [0.3, 0.4) is 0 Å². The molecule has 108 valence electrons. The van der Waals surface area contributed by atoms with Crippen molar-refractivity contribution in [2.24, 2.45) is 0 Å². The number of nitrogens with zero attached hydrogens (tertiary/aromatic N) is 1. The van der Waals surface area contributed by atoms with Gasteiger partial charge in [-0.05, 0) is 29.8 Å². The number of rotatable bonds is 5. The molecule has 0 unspecified atom stereocenters. The van der Waals surface area contributed by atoms with Crippen LogP contribution < -0.4 is 4.74 Å². The van der Waals surface area contributed by atoms with Gasteiger partial charge in [0.2, 0.25) is 0 Å². The Balaban J connectivity index is 2.16. The molecule has 0 spiro atoms. The molecule has 0 N–H and O–H groups in total. The Morgan fingerprint density at radius 3 is 2.35 bits per heavy atom. The topological polar surface area (TPSA) is 46.6 Å². The normalized spacial score (nSPS) is 11.8. The van der Waals surface area contributed by atoms with Crippen molar-refractivity contribution in [1.82, 2.24) is 4.31 Å². The smallest absolute Gasteiger partial charge is 0.252 e. The highest BCUT2D eigenvalue weighted by molar-refractivity contribution is 7.91. The quantitative estimate of drug-likeness (QED) is 0.845. The van der Waals surface area contributed by atoms with Crippen LogP contribution in [0.5, 0.6) is 5.75 Å². The van der Waals surface area contributed by atoms with Gasteiger partial charge in [0.1, 0.15) is 9.96 Å². The molecule has 1 heterocycles. The monoisotopic (exact) mass is 331 g/mol. The summed E-state index contributed by atoms with van der Waals surface area (Å²) in [5, 5.41) is 0. The number of methoxy groups -OCH3 is 1. The van der Waals surface area contributed by atoms with Crippen molar-refractivity contribution in [2.75, 3.05) is 14.2 Å². The average Bonchev–Trinajstić information content (AvgIpc) is 2.87. The summed E-state index contributed by atoms with van der Waals surface area (Å²) in [5.74, 6) is 0.740. The molecular formula is C13H14ClNO3S2. The Labute approximate surface area is 127 Å². The van der Waals surface area contributed by atoms with Gasteiger partial charge in [-0.15, -0.1) is 11.3 Å². The lowest BCUT2D eigenvalue weighted by Gasteiger charge is -2.16. The lowest BCUT2D eigenvalue weighted by molar-refractivity contribution is 0.414. The van der Waals surface area contributed by atoms with Gasteiger partial charge in [0, 0.05) is 13.6 Å². The highest BCUT2D eigenvalue weighted by atomic mass is 35.5. The predicted octanol–water partition coefficient (Wildman–Crippen LogP) is 3.23. The molecule has 0 aliphatic heterocycles. The molecule has 0 bridgehead atoms. The third-order valence-corrected chi connectivity index (χ3v) is 6.28. The number of thiophene rings is 1. The number of benzene rings is 1. The molecule has 0 amide bonds. The van der Waals surface area contributed by atoms with E-state index in [-0.39, 0.29) is 4.21 Å². The fourth-order valence-corrected chi connectivity index (χ4v) is 4.52. The SMILES string of the molecule is COc1ccc(CN(C)S(=O)(=O)c2ccc(Cl)s2)cc1. The van der Waals surface area contributed by atoms with E-state index in [9.17, 15) is 8.42 Å². The van der Waals surface area contributed by atoms with Crippen LogP contribution in [0.2, 0.25) is 4.34 Å². The minimum absolute atomic E-state index is 0.249. The van der Waals surface area contributed by atoms with E-state index < -0.39 is 10.0 Å². The maximum Gasteiger partial charge on any atom is 0.252 e. The Morgan fingerprint density at radius 2 is 1.85 bits per heavy atom. The molecule has 2 rings (SSSR count). The van der Waals surface area contributed by atoms with E-state index in [1.54, 1.807) is 32.4 Å². The van der Waals surface area contributed by atoms with E-state index in [1.807, 2.05) is 12.1 Å². The molecule has 0 atom stereocenters. The minimum atomic E-state index is -3.50. The lowest BCUT2D eigenvalue weighted by Crippen LogP contribution is -2.25. The number of hydrogen-bond donors (Lipinski definition) is 0. The highest BCUT2D eigenvalue weighted by Gasteiger charge is 2.22. The van der Waals surface area contributed by atoms with Gasteiger partial charge in [-0.1, -0.05) is 23.7 Å². The summed E-state index contributed by atoms with van der Waals surface area (Å²) in [6, 6.07) is 10.4. The van der Waals surface area contributed by atoms with Crippen LogP contribution in [0.25, 0.3) is 0 Å². The molecule has 20 heavy (non-hydrogen) atoms. The summed E-state index contributed by atoms with van der Waals surface area (Å²) < 4.78 is 31.7. The predicted molar refractivity (Wildman–Crippen MR) is 81.0 cm³/mol. The average molecular weight is 332 g/mol. The van der Waals surface area contributed by atoms with Gasteiger partial charge in [0.15, 0.2) is 0 Å². The Hall–Kier alpha value is -1.08. The van der Waals surface area contributed by atoms with Crippen molar-refractivity contribution < 1.29 is 13.2 Å². The first kappa shape index (κ1) is 15.3. The second-order valence-corrected chi connectivity index (χ2v) is 8.15. The Kier molecular flexibility index (Phi) is 4.70. The fraction of sp³-hybridized carbons (Fsp3) is 0.231. The van der Waals surface area contributed by atoms with Crippen molar-refractivity contribution in [3.8, 4) is 5.75 Å². The summed E-state index contributed by atoms with van der Waals surface area (Å²) in [6.45, 7) is 0.293. The van der Waals surface area contributed by atoms with E-state index in [0.717, 1.165) is 22.6 Å². The molecule has 2 aromatic rings. The molecule has 0 fully saturated rings. The molecule has 0 aliphatic carbocycles. The van der Waals surface area contributed by atoms with Crippen molar-refractivity contribution >= 4 is 33.0 Å². The molecule has 1 aromatic heterocycles. The molecule has 0 saturated carbocycles. The number of ether oxygens (including phenoxy) is 1. The number of hydrogen-bond acceptors (Lipinski definition) is 4. The van der Waals surface area contributed by atoms with Gasteiger partial charge < -0.3 is 4.74 Å². The third kappa shape index (κ3) is 3.32. The molecule has 0 aliphatic rings. The molecule has 7 heteroatoms. The Morgan fingerprint density at radius 1 is 1.20 bits per heavy atom. The first-order valence-electron chi connectivity index (χ1n) is 5.78. The van der Waals surface area contributed by atoms with E-state index in [1.165, 1.54) is 10.4 Å². The summed E-state index contributed by atoms with van der Waals surface area (Å²) >= 11 is 6.84. The van der Waals surface area contributed by atoms with Crippen LogP contribution in [0.1, 0.15) is 5.56 Å². The highest BCUT2D eigenvalue weighted by Crippen LogP contribution is 2.28. The summed E-state index contributed by atoms with van der Waals surface area (Å²) in [6.07, 6.45) is 0. The lowest BCUT2D eigenvalue weighted by atomic mass is 10.2. The van der Waals surface area contributed by atoms with Crippen molar-refractivity contribution in [3.63, 3.8) is 0 Å². The molecule has 0 saturated heterocycles. The van der Waals surface area contributed by atoms with Gasteiger partial charge in [0.25, 0.3) is 10.0 Å². The van der Waals surface area contributed by atoms with Gasteiger partial charge in [-0.3, -0.25) is 0 Å². The number of sulfonamides is 1. The first-order chi connectivity index (χ1) is 9.43. The van der Waals surface area contributed by atoms with Gasteiger partial charge in [-0.2, -0.15) is 4.31 Å². The van der Waals surface area contributed by atoms with Crippen LogP contribution in [-0.4, -0.2) is 26.9 Å². The molecule has 1 aromatic carbocycles. The van der Waals surface area contributed by atoms with Crippen LogP contribution in [0.4, 0.5) is 0 Å². The van der Waals surface area contributed by atoms with Gasteiger partial charge >= 0.3 is 0 Å². The van der Waals surface area contributed by atoms with Gasteiger partial charge in [0.05, 0.1) is 11.4 Å². The summed E-state index contributed by atoms with van der Waals surface area (Å²) in [5.41, 5.74) is 0.888. The van der Waals surface area contributed by atoms with Crippen LogP contribution in [0, 0.1) is 0 Å². The minimum Gasteiger partial charge on any atom is -0.497 e. The maximum absolute atomic E-state index is 12.3. The zero-order chi connectivity index (χ0) is 14.8. The summed E-state index contributed by atoms with van der Waals surface area (Å²) in [7, 11) is -0.358. The molecular weight excluding hydrogens is 318 g/mol. The zero-order valence-corrected chi connectivity index (χ0v) is 13.4. The largest absolute Gasteiger partial charge is 0.497 e. The van der Waals surface area contributed by atoms with E-state index in [4.69, 9.17) is 16.3 Å². The van der Waals surface area contributed by atoms with Crippen molar-refractivity contribution in [2.45, 2.75) is 10.8 Å². The zero-order valence-electron chi connectivity index (χ0n) is 11.0. The van der Waals surface area contributed by atoms with E-state index in [0.29, 0.717) is 10.9 Å². The van der Waals surface area contributed by atoms with Crippen LogP contribution in [0.15, 0.2) is 40.6 Å². The molecule has 4 nitrogen and oxygen atoms in total. The Bertz CT molecular complexity index is 680. The van der Waals surface area contributed by atoms with Crippen LogP contribution in [-0.2, 0) is 16.6 Å². The van der Waals surface area contributed by atoms with Crippen molar-refractivity contribution in [3.05, 3.63) is 46.3 Å². The standard InChI is InChI=1S/C13H14ClNO3S2/c1-15(9-10-3-5-11(18-2)6-4-10)20(16,17)13-8-7-12(14)19-13/h3-8H,9H2,1-2H3. The number of halogens is 1. The summed E-state index contributed by atoms with van der Waals surface area (Å²) in [4.78, 5) is 0. The van der Waals surface area contributed by atoms with E-state index >= 15 is 0 Å². The fourth-order valence-electron chi connectivity index (χ4n) is 1.66. The third-order valence-electron chi connectivity index (χ3n) is 2.78. The van der Waals surface area contributed by atoms with E-state index in [2.05, 4.69) is 0 Å². The maximum atomic E-state index is 12.3. The first-order valence-corrected chi connectivity index (χ1v) is 8.41. The second-order valence-electron chi connectivity index (χ2n) is 4.17. The second kappa shape index (κ2) is 6.13. The van der Waals surface area contributed by atoms with Crippen LogP contribution >= 0.6 is 22.9 Å².